The minimum absolute atomic E-state index is 0.213. The van der Waals surface area contributed by atoms with Crippen molar-refractivity contribution in [3.05, 3.63) is 29.8 Å². The summed E-state index contributed by atoms with van der Waals surface area (Å²) in [6.45, 7) is 4.93. The molecule has 5 nitrogen and oxygen atoms in total. The lowest BCUT2D eigenvalue weighted by Gasteiger charge is -2.18. The molecular formula is C15H21NO4. The fourth-order valence-corrected chi connectivity index (χ4v) is 1.75. The van der Waals surface area contributed by atoms with Crippen molar-refractivity contribution in [3.8, 4) is 5.75 Å². The van der Waals surface area contributed by atoms with Gasteiger partial charge in [-0.05, 0) is 31.5 Å². The number of esters is 1. The van der Waals surface area contributed by atoms with Gasteiger partial charge in [0.05, 0.1) is 13.2 Å². The molecule has 0 radical (unpaired) electrons. The fourth-order valence-electron chi connectivity index (χ4n) is 1.75. The van der Waals surface area contributed by atoms with E-state index in [1.165, 1.54) is 6.92 Å². The summed E-state index contributed by atoms with van der Waals surface area (Å²) in [7, 11) is 1.59. The monoisotopic (exact) mass is 279 g/mol. The zero-order chi connectivity index (χ0) is 15.1. The lowest BCUT2D eigenvalue weighted by atomic mass is 10.1. The van der Waals surface area contributed by atoms with E-state index in [1.807, 2.05) is 24.3 Å². The van der Waals surface area contributed by atoms with Gasteiger partial charge in [-0.1, -0.05) is 12.1 Å². The molecular weight excluding hydrogens is 258 g/mol. The van der Waals surface area contributed by atoms with Crippen LogP contribution in [0.2, 0.25) is 0 Å². The maximum absolute atomic E-state index is 12.0. The molecule has 0 aliphatic heterocycles. The number of methoxy groups -OCH3 is 1. The molecule has 0 aromatic heterocycles. The molecule has 0 fully saturated rings. The maximum Gasteiger partial charge on any atom is 0.329 e. The van der Waals surface area contributed by atoms with Crippen molar-refractivity contribution in [3.63, 3.8) is 0 Å². The van der Waals surface area contributed by atoms with E-state index >= 15 is 0 Å². The molecule has 1 atom stereocenters. The molecule has 0 aliphatic carbocycles. The van der Waals surface area contributed by atoms with Gasteiger partial charge in [0.15, 0.2) is 0 Å². The molecule has 20 heavy (non-hydrogen) atoms. The third-order valence-electron chi connectivity index (χ3n) is 2.61. The topological polar surface area (TPSA) is 64.6 Å². The van der Waals surface area contributed by atoms with Crippen LogP contribution in [0, 0.1) is 0 Å². The predicted molar refractivity (Wildman–Crippen MR) is 75.5 cm³/mol. The van der Waals surface area contributed by atoms with Gasteiger partial charge in [0.1, 0.15) is 11.8 Å². The molecule has 1 unspecified atom stereocenters. The quantitative estimate of drug-likeness (QED) is 0.805. The van der Waals surface area contributed by atoms with Crippen molar-refractivity contribution >= 4 is 11.9 Å². The van der Waals surface area contributed by atoms with Gasteiger partial charge in [-0.15, -0.1) is 0 Å². The maximum atomic E-state index is 12.0. The van der Waals surface area contributed by atoms with Gasteiger partial charge in [0.2, 0.25) is 5.91 Å². The standard InChI is InChI=1S/C15H21NO4/c1-10(2)20-15(18)14(16-11(3)17)9-12-5-7-13(19-4)8-6-12/h5-8,10,14H,9H2,1-4H3,(H,16,17). The van der Waals surface area contributed by atoms with E-state index in [4.69, 9.17) is 9.47 Å². The van der Waals surface area contributed by atoms with Gasteiger partial charge in [-0.25, -0.2) is 4.79 Å². The predicted octanol–water partition coefficient (Wildman–Crippen LogP) is 1.69. The Balaban J connectivity index is 2.77. The molecule has 5 heteroatoms. The van der Waals surface area contributed by atoms with E-state index in [0.717, 1.165) is 11.3 Å². The second kappa shape index (κ2) is 7.53. The smallest absolute Gasteiger partial charge is 0.329 e. The Hall–Kier alpha value is -2.04. The number of benzene rings is 1. The molecule has 1 amide bonds. The minimum Gasteiger partial charge on any atom is -0.497 e. The summed E-state index contributed by atoms with van der Waals surface area (Å²) in [6, 6.07) is 6.66. The highest BCUT2D eigenvalue weighted by Gasteiger charge is 2.22. The zero-order valence-electron chi connectivity index (χ0n) is 12.3. The summed E-state index contributed by atoms with van der Waals surface area (Å²) in [4.78, 5) is 23.2. The number of hydrogen-bond donors (Lipinski definition) is 1. The van der Waals surface area contributed by atoms with Crippen LogP contribution in [0.4, 0.5) is 0 Å². The van der Waals surface area contributed by atoms with Crippen LogP contribution < -0.4 is 10.1 Å². The Morgan fingerprint density at radius 3 is 2.25 bits per heavy atom. The summed E-state index contributed by atoms with van der Waals surface area (Å²) in [6.07, 6.45) is 0.171. The Morgan fingerprint density at radius 1 is 1.20 bits per heavy atom. The fraction of sp³-hybridized carbons (Fsp3) is 0.467. The van der Waals surface area contributed by atoms with Crippen LogP contribution in [-0.2, 0) is 20.7 Å². The first-order chi connectivity index (χ1) is 9.42. The van der Waals surface area contributed by atoms with Crippen LogP contribution in [0.3, 0.4) is 0 Å². The first-order valence-corrected chi connectivity index (χ1v) is 6.53. The SMILES string of the molecule is COc1ccc(CC(NC(C)=O)C(=O)OC(C)C)cc1. The van der Waals surface area contributed by atoms with Crippen molar-refractivity contribution in [2.75, 3.05) is 7.11 Å². The van der Waals surface area contributed by atoms with E-state index < -0.39 is 12.0 Å². The number of nitrogens with one attached hydrogen (secondary N) is 1. The second-order valence-electron chi connectivity index (χ2n) is 4.79. The first kappa shape index (κ1) is 16.0. The van der Waals surface area contributed by atoms with Crippen molar-refractivity contribution in [1.82, 2.24) is 5.32 Å². The van der Waals surface area contributed by atoms with Gasteiger partial charge < -0.3 is 14.8 Å². The second-order valence-corrected chi connectivity index (χ2v) is 4.79. The van der Waals surface area contributed by atoms with E-state index in [-0.39, 0.29) is 12.0 Å². The molecule has 1 aromatic rings. The number of rotatable bonds is 6. The zero-order valence-corrected chi connectivity index (χ0v) is 12.3. The number of hydrogen-bond acceptors (Lipinski definition) is 4. The first-order valence-electron chi connectivity index (χ1n) is 6.53. The summed E-state index contributed by atoms with van der Waals surface area (Å²) < 4.78 is 10.2. The average molecular weight is 279 g/mol. The van der Waals surface area contributed by atoms with Crippen LogP contribution in [0.5, 0.6) is 5.75 Å². The average Bonchev–Trinajstić information content (AvgIpc) is 2.37. The van der Waals surface area contributed by atoms with Crippen molar-refractivity contribution < 1.29 is 19.1 Å². The highest BCUT2D eigenvalue weighted by Crippen LogP contribution is 2.13. The Bertz CT molecular complexity index is 453. The Labute approximate surface area is 119 Å². The van der Waals surface area contributed by atoms with E-state index in [2.05, 4.69) is 5.32 Å². The molecule has 0 saturated carbocycles. The molecule has 0 spiro atoms. The largest absolute Gasteiger partial charge is 0.497 e. The van der Waals surface area contributed by atoms with Crippen molar-refractivity contribution in [2.24, 2.45) is 0 Å². The lowest BCUT2D eigenvalue weighted by Crippen LogP contribution is -2.43. The number of ether oxygens (including phenoxy) is 2. The lowest BCUT2D eigenvalue weighted by molar-refractivity contribution is -0.151. The van der Waals surface area contributed by atoms with Gasteiger partial charge in [-0.2, -0.15) is 0 Å². The molecule has 1 aromatic carbocycles. The van der Waals surface area contributed by atoms with Crippen LogP contribution in [0.25, 0.3) is 0 Å². The van der Waals surface area contributed by atoms with Gasteiger partial charge >= 0.3 is 5.97 Å². The molecule has 0 aliphatic rings. The highest BCUT2D eigenvalue weighted by atomic mass is 16.5. The molecule has 1 N–H and O–H groups in total. The van der Waals surface area contributed by atoms with Crippen molar-refractivity contribution in [1.29, 1.82) is 0 Å². The Morgan fingerprint density at radius 2 is 1.80 bits per heavy atom. The minimum atomic E-state index is -0.678. The Kier molecular flexibility index (Phi) is 6.03. The van der Waals surface area contributed by atoms with Crippen LogP contribution in [0.15, 0.2) is 24.3 Å². The summed E-state index contributed by atoms with van der Waals surface area (Å²) in [5, 5.41) is 2.62. The molecule has 1 rings (SSSR count). The molecule has 0 saturated heterocycles. The van der Waals surface area contributed by atoms with Gasteiger partial charge in [-0.3, -0.25) is 4.79 Å². The molecule has 0 bridgehead atoms. The number of amides is 1. The van der Waals surface area contributed by atoms with Gasteiger partial charge in [0, 0.05) is 13.3 Å². The van der Waals surface area contributed by atoms with Crippen LogP contribution in [0.1, 0.15) is 26.3 Å². The number of carbonyl (C=O) groups is 2. The summed E-state index contributed by atoms with van der Waals surface area (Å²) >= 11 is 0. The third-order valence-corrected chi connectivity index (χ3v) is 2.61. The normalized spacial score (nSPS) is 11.8. The molecule has 0 heterocycles. The van der Waals surface area contributed by atoms with Gasteiger partial charge in [0.25, 0.3) is 0 Å². The van der Waals surface area contributed by atoms with Crippen molar-refractivity contribution in [2.45, 2.75) is 39.3 Å². The van der Waals surface area contributed by atoms with E-state index in [0.29, 0.717) is 6.42 Å². The van der Waals surface area contributed by atoms with E-state index in [9.17, 15) is 9.59 Å². The highest BCUT2D eigenvalue weighted by molar-refractivity contribution is 5.83. The third kappa shape index (κ3) is 5.30. The summed E-state index contributed by atoms with van der Waals surface area (Å²) in [5.74, 6) is 0.0600. The van der Waals surface area contributed by atoms with E-state index in [1.54, 1.807) is 21.0 Å². The van der Waals surface area contributed by atoms with Crippen LogP contribution >= 0.6 is 0 Å². The molecule has 110 valence electrons. The van der Waals surface area contributed by atoms with Crippen LogP contribution in [-0.4, -0.2) is 31.1 Å². The number of carbonyl (C=O) groups excluding carboxylic acids is 2. The summed E-state index contributed by atoms with van der Waals surface area (Å²) in [5.41, 5.74) is 0.922.